The van der Waals surface area contributed by atoms with Gasteiger partial charge in [0.05, 0.1) is 17.7 Å². The fourth-order valence-corrected chi connectivity index (χ4v) is 3.34. The molecule has 0 bridgehead atoms. The lowest BCUT2D eigenvalue weighted by atomic mass is 10.2. The third-order valence-electron chi connectivity index (χ3n) is 3.09. The minimum atomic E-state index is 0.509. The van der Waals surface area contributed by atoms with Gasteiger partial charge in [-0.15, -0.1) is 0 Å². The molecule has 1 unspecified atom stereocenters. The molecule has 0 aliphatic carbocycles. The Balaban J connectivity index is 1.98. The van der Waals surface area contributed by atoms with Crippen molar-refractivity contribution in [1.29, 1.82) is 0 Å². The van der Waals surface area contributed by atoms with Gasteiger partial charge in [0.2, 0.25) is 0 Å². The molecule has 0 aromatic heterocycles. The van der Waals surface area contributed by atoms with Crippen LogP contribution in [0.4, 0.5) is 0 Å². The van der Waals surface area contributed by atoms with Crippen LogP contribution >= 0.6 is 27.7 Å². The lowest BCUT2D eigenvalue weighted by Gasteiger charge is -2.15. The van der Waals surface area contributed by atoms with Crippen LogP contribution in [0.3, 0.4) is 0 Å². The minimum absolute atomic E-state index is 0.509. The van der Waals surface area contributed by atoms with Gasteiger partial charge in [0.25, 0.3) is 0 Å². The second-order valence-corrected chi connectivity index (χ2v) is 7.07. The molecule has 0 saturated carbocycles. The summed E-state index contributed by atoms with van der Waals surface area (Å²) in [7, 11) is 0. The molecule has 0 fully saturated rings. The Morgan fingerprint density at radius 3 is 2.95 bits per heavy atom. The quantitative estimate of drug-likeness (QED) is 0.835. The van der Waals surface area contributed by atoms with Gasteiger partial charge < -0.3 is 14.8 Å². The topological polar surface area (TPSA) is 30.5 Å². The lowest BCUT2D eigenvalue weighted by molar-refractivity contribution is 0.296. The molecule has 1 N–H and O–H groups in total. The van der Waals surface area contributed by atoms with Crippen molar-refractivity contribution in [3.63, 3.8) is 0 Å². The highest BCUT2D eigenvalue weighted by Gasteiger charge is 2.15. The lowest BCUT2D eigenvalue weighted by Crippen LogP contribution is -2.27. The summed E-state index contributed by atoms with van der Waals surface area (Å²) in [6.45, 7) is 6.70. The van der Waals surface area contributed by atoms with Gasteiger partial charge in [-0.3, -0.25) is 0 Å². The van der Waals surface area contributed by atoms with Crippen molar-refractivity contribution in [2.45, 2.75) is 32.9 Å². The van der Waals surface area contributed by atoms with Crippen LogP contribution in [0.2, 0.25) is 0 Å². The summed E-state index contributed by atoms with van der Waals surface area (Å²) in [5.74, 6) is 3.99. The van der Waals surface area contributed by atoms with Crippen molar-refractivity contribution < 1.29 is 9.47 Å². The highest BCUT2D eigenvalue weighted by molar-refractivity contribution is 9.10. The average Bonchev–Trinajstić information content (AvgIpc) is 2.68. The number of rotatable bonds is 6. The van der Waals surface area contributed by atoms with E-state index in [1.807, 2.05) is 11.8 Å². The maximum absolute atomic E-state index is 5.75. The van der Waals surface area contributed by atoms with Crippen LogP contribution < -0.4 is 14.8 Å². The maximum atomic E-state index is 5.75. The molecular weight excluding hydrogens is 338 g/mol. The van der Waals surface area contributed by atoms with E-state index in [2.05, 4.69) is 47.2 Å². The third-order valence-corrected chi connectivity index (χ3v) is 4.82. The SMILES string of the molecule is CCSCC(C)NCc1cc(Br)c2c(c1)OCCCO2. The zero-order valence-corrected chi connectivity index (χ0v) is 14.5. The number of ether oxygens (including phenoxy) is 2. The Bertz CT molecular complexity index is 442. The van der Waals surface area contributed by atoms with Gasteiger partial charge >= 0.3 is 0 Å². The molecule has 0 spiro atoms. The smallest absolute Gasteiger partial charge is 0.175 e. The molecule has 3 nitrogen and oxygen atoms in total. The van der Waals surface area contributed by atoms with Crippen LogP contribution in [0, 0.1) is 0 Å². The van der Waals surface area contributed by atoms with Gasteiger partial charge in [-0.05, 0) is 46.3 Å². The molecule has 1 atom stereocenters. The summed E-state index contributed by atoms with van der Waals surface area (Å²) >= 11 is 5.54. The molecular formula is C15H22BrNO2S. The highest BCUT2D eigenvalue weighted by Crippen LogP contribution is 2.38. The van der Waals surface area contributed by atoms with E-state index in [4.69, 9.17) is 9.47 Å². The van der Waals surface area contributed by atoms with E-state index in [9.17, 15) is 0 Å². The van der Waals surface area contributed by atoms with Crippen LogP contribution in [0.25, 0.3) is 0 Å². The maximum Gasteiger partial charge on any atom is 0.175 e. The first-order valence-electron chi connectivity index (χ1n) is 7.10. The Kier molecular flexibility index (Phi) is 6.52. The number of benzene rings is 1. The molecule has 0 amide bonds. The summed E-state index contributed by atoms with van der Waals surface area (Å²) in [6.07, 6.45) is 0.931. The molecule has 5 heteroatoms. The van der Waals surface area contributed by atoms with Crippen molar-refractivity contribution in [1.82, 2.24) is 5.32 Å². The summed E-state index contributed by atoms with van der Waals surface area (Å²) in [6, 6.07) is 4.70. The van der Waals surface area contributed by atoms with Crippen molar-refractivity contribution in [2.75, 3.05) is 24.7 Å². The number of hydrogen-bond acceptors (Lipinski definition) is 4. The predicted molar refractivity (Wildman–Crippen MR) is 89.0 cm³/mol. The Morgan fingerprint density at radius 1 is 1.35 bits per heavy atom. The monoisotopic (exact) mass is 359 g/mol. The molecule has 20 heavy (non-hydrogen) atoms. The first-order valence-corrected chi connectivity index (χ1v) is 9.04. The standard InChI is InChI=1S/C15H22BrNO2S/c1-3-20-10-11(2)17-9-12-7-13(16)15-14(8-12)18-5-4-6-19-15/h7-8,11,17H,3-6,9-10H2,1-2H3. The van der Waals surface area contributed by atoms with Gasteiger partial charge in [0.15, 0.2) is 11.5 Å². The molecule has 0 saturated heterocycles. The normalized spacial score (nSPS) is 15.8. The molecule has 2 rings (SSSR count). The molecule has 112 valence electrons. The van der Waals surface area contributed by atoms with Crippen LogP contribution in [-0.4, -0.2) is 30.8 Å². The molecule has 0 radical (unpaired) electrons. The largest absolute Gasteiger partial charge is 0.490 e. The van der Waals surface area contributed by atoms with Gasteiger partial charge in [-0.2, -0.15) is 11.8 Å². The van der Waals surface area contributed by atoms with Crippen molar-refractivity contribution >= 4 is 27.7 Å². The first-order chi connectivity index (χ1) is 9.70. The minimum Gasteiger partial charge on any atom is -0.490 e. The van der Waals surface area contributed by atoms with E-state index in [0.29, 0.717) is 12.6 Å². The van der Waals surface area contributed by atoms with Crippen molar-refractivity contribution in [3.05, 3.63) is 22.2 Å². The number of fused-ring (bicyclic) bond motifs is 1. The number of nitrogens with one attached hydrogen (secondary N) is 1. The van der Waals surface area contributed by atoms with Crippen molar-refractivity contribution in [2.24, 2.45) is 0 Å². The van der Waals surface area contributed by atoms with Crippen LogP contribution in [-0.2, 0) is 6.54 Å². The second kappa shape index (κ2) is 8.15. The van der Waals surface area contributed by atoms with Gasteiger partial charge in [0, 0.05) is 24.8 Å². The van der Waals surface area contributed by atoms with Crippen LogP contribution in [0.5, 0.6) is 11.5 Å². The summed E-state index contributed by atoms with van der Waals surface area (Å²) in [5.41, 5.74) is 1.22. The van der Waals surface area contributed by atoms with Gasteiger partial charge in [0.1, 0.15) is 0 Å². The Morgan fingerprint density at radius 2 is 2.15 bits per heavy atom. The van der Waals surface area contributed by atoms with E-state index in [-0.39, 0.29) is 0 Å². The van der Waals surface area contributed by atoms with E-state index in [0.717, 1.165) is 41.3 Å². The zero-order valence-electron chi connectivity index (χ0n) is 12.1. The number of hydrogen-bond donors (Lipinski definition) is 1. The number of halogens is 1. The average molecular weight is 360 g/mol. The van der Waals surface area contributed by atoms with E-state index in [1.54, 1.807) is 0 Å². The van der Waals surface area contributed by atoms with E-state index in [1.165, 1.54) is 11.3 Å². The zero-order chi connectivity index (χ0) is 14.4. The third kappa shape index (κ3) is 4.57. The number of thioether (sulfide) groups is 1. The van der Waals surface area contributed by atoms with E-state index < -0.39 is 0 Å². The summed E-state index contributed by atoms with van der Waals surface area (Å²) < 4.78 is 12.4. The fraction of sp³-hybridized carbons (Fsp3) is 0.600. The predicted octanol–water partition coefficient (Wildman–Crippen LogP) is 3.84. The molecule has 1 heterocycles. The summed E-state index contributed by atoms with van der Waals surface area (Å²) in [5, 5.41) is 3.55. The summed E-state index contributed by atoms with van der Waals surface area (Å²) in [4.78, 5) is 0. The van der Waals surface area contributed by atoms with Crippen molar-refractivity contribution in [3.8, 4) is 11.5 Å². The Labute approximate surface area is 133 Å². The van der Waals surface area contributed by atoms with Gasteiger partial charge in [-0.1, -0.05) is 6.92 Å². The Hall–Kier alpha value is -0.390. The molecule has 1 aromatic rings. The molecule has 1 aromatic carbocycles. The highest BCUT2D eigenvalue weighted by atomic mass is 79.9. The first kappa shape index (κ1) is 16.0. The van der Waals surface area contributed by atoms with E-state index >= 15 is 0 Å². The van der Waals surface area contributed by atoms with Crippen LogP contribution in [0.1, 0.15) is 25.8 Å². The van der Waals surface area contributed by atoms with Crippen LogP contribution in [0.15, 0.2) is 16.6 Å². The second-order valence-electron chi connectivity index (χ2n) is 4.90. The molecule has 1 aliphatic heterocycles. The van der Waals surface area contributed by atoms with Gasteiger partial charge in [-0.25, -0.2) is 0 Å². The molecule has 1 aliphatic rings. The fourth-order valence-electron chi connectivity index (χ4n) is 2.03.